The molecule has 0 bridgehead atoms. The van der Waals surface area contributed by atoms with E-state index in [1.54, 1.807) is 7.11 Å². The standard InChI is InChI=1S/C17H23N3O3/c1-12(11-20-5-7-23-8-6-20)18-17(21)16-9-13-3-4-14(22-2)10-15(13)19-16/h3-4,9-10,12,19H,5-8,11H2,1-2H3,(H,18,21)/t12-/m1/s1. The Balaban J connectivity index is 1.62. The molecular weight excluding hydrogens is 294 g/mol. The van der Waals surface area contributed by atoms with E-state index >= 15 is 0 Å². The number of hydrogen-bond donors (Lipinski definition) is 2. The number of fused-ring (bicyclic) bond motifs is 1. The van der Waals surface area contributed by atoms with Crippen molar-refractivity contribution < 1.29 is 14.3 Å². The van der Waals surface area contributed by atoms with Crippen molar-refractivity contribution in [1.82, 2.24) is 15.2 Å². The third kappa shape index (κ3) is 3.83. The summed E-state index contributed by atoms with van der Waals surface area (Å²) in [5.74, 6) is 0.688. The van der Waals surface area contributed by atoms with Crippen LogP contribution < -0.4 is 10.1 Å². The average molecular weight is 317 g/mol. The molecule has 1 atom stereocenters. The maximum atomic E-state index is 12.4. The number of rotatable bonds is 5. The molecule has 1 aromatic carbocycles. The molecule has 2 N–H and O–H groups in total. The molecule has 0 unspecified atom stereocenters. The normalized spacial score (nSPS) is 17.1. The van der Waals surface area contributed by atoms with Crippen molar-refractivity contribution in [2.45, 2.75) is 13.0 Å². The summed E-state index contributed by atoms with van der Waals surface area (Å²) in [4.78, 5) is 17.9. The lowest BCUT2D eigenvalue weighted by molar-refractivity contribution is 0.0342. The number of H-pyrrole nitrogens is 1. The van der Waals surface area contributed by atoms with Crippen LogP contribution in [0.2, 0.25) is 0 Å². The largest absolute Gasteiger partial charge is 0.497 e. The lowest BCUT2D eigenvalue weighted by atomic mass is 10.2. The van der Waals surface area contributed by atoms with Crippen LogP contribution in [0.15, 0.2) is 24.3 Å². The predicted octanol–water partition coefficient (Wildman–Crippen LogP) is 1.63. The molecule has 1 saturated heterocycles. The van der Waals surface area contributed by atoms with Gasteiger partial charge in [0.1, 0.15) is 11.4 Å². The van der Waals surface area contributed by atoms with Gasteiger partial charge in [0.15, 0.2) is 0 Å². The summed E-state index contributed by atoms with van der Waals surface area (Å²) in [6.07, 6.45) is 0. The summed E-state index contributed by atoms with van der Waals surface area (Å²) >= 11 is 0. The first-order valence-corrected chi connectivity index (χ1v) is 7.93. The zero-order valence-electron chi connectivity index (χ0n) is 13.6. The van der Waals surface area contributed by atoms with E-state index in [1.165, 1.54) is 0 Å². The number of morpholine rings is 1. The van der Waals surface area contributed by atoms with Crippen molar-refractivity contribution in [1.29, 1.82) is 0 Å². The molecule has 1 aromatic heterocycles. The molecule has 1 fully saturated rings. The quantitative estimate of drug-likeness (QED) is 0.879. The van der Waals surface area contributed by atoms with Crippen LogP contribution >= 0.6 is 0 Å². The Bertz CT molecular complexity index is 677. The number of benzene rings is 1. The second-order valence-corrected chi connectivity index (χ2v) is 5.92. The third-order valence-electron chi connectivity index (χ3n) is 4.09. The van der Waals surface area contributed by atoms with Gasteiger partial charge in [0.2, 0.25) is 0 Å². The van der Waals surface area contributed by atoms with Gasteiger partial charge in [-0.05, 0) is 25.1 Å². The smallest absolute Gasteiger partial charge is 0.267 e. The van der Waals surface area contributed by atoms with Gasteiger partial charge in [-0.2, -0.15) is 0 Å². The van der Waals surface area contributed by atoms with E-state index < -0.39 is 0 Å². The Morgan fingerprint density at radius 2 is 2.17 bits per heavy atom. The molecule has 0 aliphatic carbocycles. The van der Waals surface area contributed by atoms with Gasteiger partial charge in [0.25, 0.3) is 5.91 Å². The summed E-state index contributed by atoms with van der Waals surface area (Å²) in [6, 6.07) is 7.67. The predicted molar refractivity (Wildman–Crippen MR) is 89.0 cm³/mol. The highest BCUT2D eigenvalue weighted by atomic mass is 16.5. The lowest BCUT2D eigenvalue weighted by Crippen LogP contribution is -2.46. The maximum absolute atomic E-state index is 12.4. The number of carbonyl (C=O) groups is 1. The topological polar surface area (TPSA) is 66.6 Å². The van der Waals surface area contributed by atoms with Crippen LogP contribution in [-0.4, -0.2) is 61.8 Å². The van der Waals surface area contributed by atoms with E-state index in [-0.39, 0.29) is 11.9 Å². The first-order valence-electron chi connectivity index (χ1n) is 7.93. The fourth-order valence-electron chi connectivity index (χ4n) is 2.87. The summed E-state index contributed by atoms with van der Waals surface area (Å²) in [5, 5.41) is 4.05. The van der Waals surface area contributed by atoms with Crippen molar-refractivity contribution >= 4 is 16.8 Å². The van der Waals surface area contributed by atoms with E-state index in [0.29, 0.717) is 5.69 Å². The van der Waals surface area contributed by atoms with E-state index in [1.807, 2.05) is 31.2 Å². The summed E-state index contributed by atoms with van der Waals surface area (Å²) in [7, 11) is 1.63. The fraction of sp³-hybridized carbons (Fsp3) is 0.471. The second kappa shape index (κ2) is 7.02. The van der Waals surface area contributed by atoms with Gasteiger partial charge in [-0.1, -0.05) is 0 Å². The molecule has 2 aromatic rings. The van der Waals surface area contributed by atoms with E-state index in [0.717, 1.165) is 49.5 Å². The number of carbonyl (C=O) groups excluding carboxylic acids is 1. The van der Waals surface area contributed by atoms with E-state index in [9.17, 15) is 4.79 Å². The zero-order chi connectivity index (χ0) is 16.2. The molecular formula is C17H23N3O3. The Morgan fingerprint density at radius 3 is 2.91 bits per heavy atom. The van der Waals surface area contributed by atoms with Gasteiger partial charge in [-0.3, -0.25) is 9.69 Å². The number of ether oxygens (including phenoxy) is 2. The highest BCUT2D eigenvalue weighted by molar-refractivity contribution is 5.98. The zero-order valence-corrected chi connectivity index (χ0v) is 13.6. The van der Waals surface area contributed by atoms with Crippen LogP contribution in [0.3, 0.4) is 0 Å². The van der Waals surface area contributed by atoms with Crippen molar-refractivity contribution in [2.75, 3.05) is 40.0 Å². The summed E-state index contributed by atoms with van der Waals surface area (Å²) < 4.78 is 10.5. The molecule has 0 radical (unpaired) electrons. The summed E-state index contributed by atoms with van der Waals surface area (Å²) in [6.45, 7) is 6.25. The molecule has 2 heterocycles. The molecule has 23 heavy (non-hydrogen) atoms. The number of amides is 1. The Kier molecular flexibility index (Phi) is 4.83. The van der Waals surface area contributed by atoms with Crippen LogP contribution in [0, 0.1) is 0 Å². The Morgan fingerprint density at radius 1 is 1.39 bits per heavy atom. The van der Waals surface area contributed by atoms with Crippen molar-refractivity contribution in [3.8, 4) is 5.75 Å². The molecule has 6 nitrogen and oxygen atoms in total. The SMILES string of the molecule is COc1ccc2cc(C(=O)N[C@H](C)CN3CCOCC3)[nH]c2c1. The molecule has 124 valence electrons. The van der Waals surface area contributed by atoms with Gasteiger partial charge in [-0.15, -0.1) is 0 Å². The molecule has 1 aliphatic heterocycles. The highest BCUT2D eigenvalue weighted by Gasteiger charge is 2.17. The van der Waals surface area contributed by atoms with Crippen LogP contribution in [0.25, 0.3) is 10.9 Å². The van der Waals surface area contributed by atoms with Gasteiger partial charge in [0, 0.05) is 42.6 Å². The van der Waals surface area contributed by atoms with Crippen LogP contribution in [0.5, 0.6) is 5.75 Å². The number of aromatic nitrogens is 1. The molecule has 0 saturated carbocycles. The average Bonchev–Trinajstić information content (AvgIpc) is 2.98. The molecule has 0 spiro atoms. The van der Waals surface area contributed by atoms with Crippen molar-refractivity contribution in [2.24, 2.45) is 0 Å². The van der Waals surface area contributed by atoms with Crippen LogP contribution in [0.4, 0.5) is 0 Å². The van der Waals surface area contributed by atoms with Crippen molar-refractivity contribution in [3.05, 3.63) is 30.0 Å². The van der Waals surface area contributed by atoms with Gasteiger partial charge in [0.05, 0.1) is 20.3 Å². The van der Waals surface area contributed by atoms with Crippen LogP contribution in [0.1, 0.15) is 17.4 Å². The fourth-order valence-corrected chi connectivity index (χ4v) is 2.87. The first-order chi connectivity index (χ1) is 11.2. The van der Waals surface area contributed by atoms with Gasteiger partial charge >= 0.3 is 0 Å². The monoisotopic (exact) mass is 317 g/mol. The van der Waals surface area contributed by atoms with Crippen molar-refractivity contribution in [3.63, 3.8) is 0 Å². The summed E-state index contributed by atoms with van der Waals surface area (Å²) in [5.41, 5.74) is 1.47. The minimum Gasteiger partial charge on any atom is -0.497 e. The minimum absolute atomic E-state index is 0.0825. The molecule has 6 heteroatoms. The van der Waals surface area contributed by atoms with Gasteiger partial charge in [-0.25, -0.2) is 0 Å². The minimum atomic E-state index is -0.0825. The first kappa shape index (κ1) is 15.8. The molecule has 1 aliphatic rings. The van der Waals surface area contributed by atoms with Crippen LogP contribution in [-0.2, 0) is 4.74 Å². The molecule has 1 amide bonds. The van der Waals surface area contributed by atoms with E-state index in [2.05, 4.69) is 15.2 Å². The number of methoxy groups -OCH3 is 1. The third-order valence-corrected chi connectivity index (χ3v) is 4.09. The molecule has 3 rings (SSSR count). The number of aromatic amines is 1. The number of nitrogens with one attached hydrogen (secondary N) is 2. The van der Waals surface area contributed by atoms with Gasteiger partial charge < -0.3 is 19.8 Å². The maximum Gasteiger partial charge on any atom is 0.267 e. The second-order valence-electron chi connectivity index (χ2n) is 5.92. The highest BCUT2D eigenvalue weighted by Crippen LogP contribution is 2.21. The lowest BCUT2D eigenvalue weighted by Gasteiger charge is -2.29. The Labute approximate surface area is 135 Å². The number of nitrogens with zero attached hydrogens (tertiary/aromatic N) is 1. The number of hydrogen-bond acceptors (Lipinski definition) is 4. The van der Waals surface area contributed by atoms with E-state index in [4.69, 9.17) is 9.47 Å². The Hall–Kier alpha value is -2.05.